The quantitative estimate of drug-likeness (QED) is 0.158. The van der Waals surface area contributed by atoms with Crippen molar-refractivity contribution in [2.45, 2.75) is 31.7 Å². The van der Waals surface area contributed by atoms with Gasteiger partial charge in [0.2, 0.25) is 5.16 Å². The molecular formula is C26H27Cl2N5O2S. The van der Waals surface area contributed by atoms with Gasteiger partial charge in [0.05, 0.1) is 12.3 Å². The molecule has 10 heteroatoms. The van der Waals surface area contributed by atoms with Gasteiger partial charge in [-0.05, 0) is 72.3 Å². The Labute approximate surface area is 225 Å². The fraction of sp³-hybridized carbons (Fsp3) is 0.269. The first kappa shape index (κ1) is 26.3. The molecule has 0 aliphatic heterocycles. The zero-order valence-electron chi connectivity index (χ0n) is 19.9. The van der Waals surface area contributed by atoms with Crippen LogP contribution in [0.2, 0.25) is 10.0 Å². The van der Waals surface area contributed by atoms with E-state index in [1.807, 2.05) is 61.5 Å². The lowest BCUT2D eigenvalue weighted by molar-refractivity contribution is 0.269. The van der Waals surface area contributed by atoms with E-state index >= 15 is 0 Å². The molecule has 188 valence electrons. The summed E-state index contributed by atoms with van der Waals surface area (Å²) in [5.74, 6) is 2.26. The van der Waals surface area contributed by atoms with Gasteiger partial charge in [-0.15, -0.1) is 5.10 Å². The summed E-state index contributed by atoms with van der Waals surface area (Å²) >= 11 is 14.2. The minimum atomic E-state index is 0.265. The lowest BCUT2D eigenvalue weighted by Crippen LogP contribution is -2.15. The van der Waals surface area contributed by atoms with Crippen molar-refractivity contribution in [2.24, 2.45) is 0 Å². The molecule has 0 saturated heterocycles. The lowest BCUT2D eigenvalue weighted by atomic mass is 10.2. The Bertz CT molecular complexity index is 1240. The van der Waals surface area contributed by atoms with Crippen LogP contribution in [-0.2, 0) is 13.2 Å². The van der Waals surface area contributed by atoms with Crippen molar-refractivity contribution in [3.8, 4) is 17.2 Å². The Hall–Kier alpha value is -2.78. The number of nitrogens with one attached hydrogen (secondary N) is 1. The summed E-state index contributed by atoms with van der Waals surface area (Å²) in [6.07, 6.45) is 0.977. The Balaban J connectivity index is 1.24. The molecule has 0 aliphatic rings. The van der Waals surface area contributed by atoms with Crippen LogP contribution in [0.4, 0.5) is 0 Å². The van der Waals surface area contributed by atoms with Crippen LogP contribution in [0.3, 0.4) is 0 Å². The van der Waals surface area contributed by atoms with E-state index in [2.05, 4.69) is 20.8 Å². The van der Waals surface area contributed by atoms with Crippen molar-refractivity contribution < 1.29 is 9.47 Å². The summed E-state index contributed by atoms with van der Waals surface area (Å²) in [6.45, 7) is 4.35. The van der Waals surface area contributed by atoms with Crippen LogP contribution in [0.15, 0.2) is 71.9 Å². The third kappa shape index (κ3) is 7.13. The Kier molecular flexibility index (Phi) is 9.86. The number of ether oxygens (including phenoxy) is 2. The number of rotatable bonds is 13. The molecule has 0 amide bonds. The SMILES string of the molecule is CCOc1cc(CNCCCSc2nnnn2-c2ccccc2)ccc1OCc1c(Cl)cccc1Cl. The minimum absolute atomic E-state index is 0.265. The van der Waals surface area contributed by atoms with Gasteiger partial charge in [-0.1, -0.05) is 65.3 Å². The normalized spacial score (nSPS) is 11.0. The number of thioether (sulfide) groups is 1. The first-order valence-corrected chi connectivity index (χ1v) is 13.4. The molecule has 0 spiro atoms. The second kappa shape index (κ2) is 13.5. The molecular weight excluding hydrogens is 517 g/mol. The largest absolute Gasteiger partial charge is 0.490 e. The summed E-state index contributed by atoms with van der Waals surface area (Å²) in [7, 11) is 0. The predicted molar refractivity (Wildman–Crippen MR) is 145 cm³/mol. The summed E-state index contributed by atoms with van der Waals surface area (Å²) in [5.41, 5.74) is 2.82. The van der Waals surface area contributed by atoms with E-state index in [-0.39, 0.29) is 6.61 Å². The summed E-state index contributed by atoms with van der Waals surface area (Å²) < 4.78 is 13.6. The molecule has 1 heterocycles. The smallest absolute Gasteiger partial charge is 0.214 e. The van der Waals surface area contributed by atoms with Crippen molar-refractivity contribution in [3.05, 3.63) is 87.9 Å². The maximum Gasteiger partial charge on any atom is 0.214 e. The third-order valence-corrected chi connectivity index (χ3v) is 6.96. The average molecular weight is 545 g/mol. The van der Waals surface area contributed by atoms with Gasteiger partial charge in [-0.2, -0.15) is 4.68 Å². The minimum Gasteiger partial charge on any atom is -0.490 e. The maximum atomic E-state index is 6.26. The number of hydrogen-bond acceptors (Lipinski definition) is 7. The van der Waals surface area contributed by atoms with E-state index in [4.69, 9.17) is 32.7 Å². The van der Waals surface area contributed by atoms with Crippen LogP contribution in [-0.4, -0.2) is 39.1 Å². The highest BCUT2D eigenvalue weighted by Crippen LogP contribution is 2.31. The van der Waals surface area contributed by atoms with Gasteiger partial charge < -0.3 is 14.8 Å². The fourth-order valence-corrected chi connectivity index (χ4v) is 4.80. The van der Waals surface area contributed by atoms with E-state index in [1.165, 1.54) is 0 Å². The highest BCUT2D eigenvalue weighted by atomic mass is 35.5. The molecule has 7 nitrogen and oxygen atoms in total. The second-order valence-electron chi connectivity index (χ2n) is 7.79. The number of tetrazole rings is 1. The Morgan fingerprint density at radius 1 is 0.944 bits per heavy atom. The number of para-hydroxylation sites is 1. The summed E-state index contributed by atoms with van der Waals surface area (Å²) in [4.78, 5) is 0. The van der Waals surface area contributed by atoms with Crippen LogP contribution in [0.25, 0.3) is 5.69 Å². The Morgan fingerprint density at radius 3 is 2.53 bits per heavy atom. The molecule has 0 saturated carbocycles. The van der Waals surface area contributed by atoms with Crippen molar-refractivity contribution in [1.29, 1.82) is 0 Å². The first-order valence-electron chi connectivity index (χ1n) is 11.6. The number of aromatic nitrogens is 4. The molecule has 3 aromatic carbocycles. The van der Waals surface area contributed by atoms with E-state index < -0.39 is 0 Å². The lowest BCUT2D eigenvalue weighted by Gasteiger charge is -2.15. The molecule has 0 aliphatic carbocycles. The van der Waals surface area contributed by atoms with Crippen molar-refractivity contribution in [3.63, 3.8) is 0 Å². The molecule has 1 aromatic heterocycles. The number of benzene rings is 3. The third-order valence-electron chi connectivity index (χ3n) is 5.24. The topological polar surface area (TPSA) is 74.1 Å². The van der Waals surface area contributed by atoms with Crippen LogP contribution < -0.4 is 14.8 Å². The van der Waals surface area contributed by atoms with E-state index in [0.29, 0.717) is 28.2 Å². The van der Waals surface area contributed by atoms with Gasteiger partial charge in [0.25, 0.3) is 0 Å². The monoisotopic (exact) mass is 543 g/mol. The van der Waals surface area contributed by atoms with Crippen LogP contribution in [0.5, 0.6) is 11.5 Å². The van der Waals surface area contributed by atoms with Crippen molar-refractivity contribution >= 4 is 35.0 Å². The summed E-state index contributed by atoms with van der Waals surface area (Å²) in [6, 6.07) is 21.3. The fourth-order valence-electron chi connectivity index (χ4n) is 3.46. The first-order chi connectivity index (χ1) is 17.7. The average Bonchev–Trinajstić information content (AvgIpc) is 3.36. The number of hydrogen-bond donors (Lipinski definition) is 1. The van der Waals surface area contributed by atoms with Gasteiger partial charge in [0, 0.05) is 27.9 Å². The van der Waals surface area contributed by atoms with Crippen molar-refractivity contribution in [1.82, 2.24) is 25.5 Å². The van der Waals surface area contributed by atoms with Gasteiger partial charge in [-0.25, -0.2) is 0 Å². The molecule has 4 rings (SSSR count). The molecule has 0 bridgehead atoms. The zero-order valence-corrected chi connectivity index (χ0v) is 22.2. The van der Waals surface area contributed by atoms with Crippen LogP contribution in [0, 0.1) is 0 Å². The van der Waals surface area contributed by atoms with Gasteiger partial charge in [0.15, 0.2) is 11.5 Å². The Morgan fingerprint density at radius 2 is 1.75 bits per heavy atom. The second-order valence-corrected chi connectivity index (χ2v) is 9.67. The van der Waals surface area contributed by atoms with E-state index in [0.717, 1.165) is 47.2 Å². The number of nitrogens with zero attached hydrogens (tertiary/aromatic N) is 4. The van der Waals surface area contributed by atoms with Gasteiger partial charge in [-0.3, -0.25) is 0 Å². The highest BCUT2D eigenvalue weighted by molar-refractivity contribution is 7.99. The van der Waals surface area contributed by atoms with Gasteiger partial charge >= 0.3 is 0 Å². The highest BCUT2D eigenvalue weighted by Gasteiger charge is 2.11. The zero-order chi connectivity index (χ0) is 25.2. The molecule has 0 unspecified atom stereocenters. The van der Waals surface area contributed by atoms with E-state index in [9.17, 15) is 0 Å². The predicted octanol–water partition coefficient (Wildman–Crippen LogP) is 6.22. The molecule has 4 aromatic rings. The van der Waals surface area contributed by atoms with Gasteiger partial charge in [0.1, 0.15) is 6.61 Å². The maximum absolute atomic E-state index is 6.26. The standard InChI is InChI=1S/C26H27Cl2N5O2S/c1-2-34-25-16-19(12-13-24(25)35-18-21-22(27)10-6-11-23(21)28)17-29-14-7-15-36-26-30-31-32-33(26)20-8-4-3-5-9-20/h3-6,8-13,16,29H,2,7,14-15,17-18H2,1H3. The van der Waals surface area contributed by atoms with E-state index in [1.54, 1.807) is 28.6 Å². The summed E-state index contributed by atoms with van der Waals surface area (Å²) in [5, 5.41) is 17.5. The molecule has 1 N–H and O–H groups in total. The molecule has 0 fully saturated rings. The van der Waals surface area contributed by atoms with Crippen LogP contribution >= 0.6 is 35.0 Å². The van der Waals surface area contributed by atoms with Crippen LogP contribution in [0.1, 0.15) is 24.5 Å². The van der Waals surface area contributed by atoms with Crippen molar-refractivity contribution in [2.75, 3.05) is 18.9 Å². The molecule has 0 atom stereocenters. The molecule has 0 radical (unpaired) electrons. The number of halogens is 2. The molecule has 36 heavy (non-hydrogen) atoms.